The summed E-state index contributed by atoms with van der Waals surface area (Å²) in [4.78, 5) is 16.8. The standard InChI is InChI=1S/C22H18N4O2/c1-16-21(24-20-12-5-6-13-26(16)20)22(27)25-23-15-17-8-7-11-19(14-17)28-18-9-3-2-4-10-18/h2-15H,1H3,(H,25,27)/b23-15-. The largest absolute Gasteiger partial charge is 0.457 e. The van der Waals surface area contributed by atoms with Gasteiger partial charge in [0.2, 0.25) is 0 Å². The molecule has 28 heavy (non-hydrogen) atoms. The van der Waals surface area contributed by atoms with Crippen LogP contribution >= 0.6 is 0 Å². The van der Waals surface area contributed by atoms with Crippen molar-refractivity contribution in [2.75, 3.05) is 0 Å². The van der Waals surface area contributed by atoms with Crippen molar-refractivity contribution in [2.45, 2.75) is 6.92 Å². The van der Waals surface area contributed by atoms with Gasteiger partial charge in [0.1, 0.15) is 17.1 Å². The average Bonchev–Trinajstić information content (AvgIpc) is 3.06. The van der Waals surface area contributed by atoms with Crippen LogP contribution in [0.1, 0.15) is 21.7 Å². The van der Waals surface area contributed by atoms with E-state index in [0.717, 1.165) is 22.7 Å². The van der Waals surface area contributed by atoms with E-state index >= 15 is 0 Å². The minimum absolute atomic E-state index is 0.351. The van der Waals surface area contributed by atoms with Crippen LogP contribution in [0.4, 0.5) is 0 Å². The molecule has 4 aromatic rings. The Morgan fingerprint density at radius 3 is 2.64 bits per heavy atom. The number of ether oxygens (including phenoxy) is 1. The van der Waals surface area contributed by atoms with Crippen molar-refractivity contribution < 1.29 is 9.53 Å². The molecule has 0 aliphatic carbocycles. The van der Waals surface area contributed by atoms with Crippen LogP contribution in [0.3, 0.4) is 0 Å². The maximum Gasteiger partial charge on any atom is 0.291 e. The van der Waals surface area contributed by atoms with Crippen LogP contribution in [0.15, 0.2) is 84.1 Å². The molecular formula is C22H18N4O2. The van der Waals surface area contributed by atoms with Crippen LogP contribution in [0.2, 0.25) is 0 Å². The monoisotopic (exact) mass is 370 g/mol. The number of rotatable bonds is 5. The number of amides is 1. The SMILES string of the molecule is Cc1c(C(=O)N/N=C\c2cccc(Oc3ccccc3)c2)nc2ccccn12. The van der Waals surface area contributed by atoms with Crippen LogP contribution in [0.5, 0.6) is 11.5 Å². The molecule has 2 heterocycles. The van der Waals surface area contributed by atoms with Crippen molar-refractivity contribution in [1.29, 1.82) is 0 Å². The lowest BCUT2D eigenvalue weighted by atomic mass is 10.2. The van der Waals surface area contributed by atoms with Gasteiger partial charge in [-0.25, -0.2) is 10.4 Å². The fraction of sp³-hybridized carbons (Fsp3) is 0.0455. The zero-order valence-corrected chi connectivity index (χ0v) is 15.2. The van der Waals surface area contributed by atoms with Gasteiger partial charge in [-0.05, 0) is 48.9 Å². The van der Waals surface area contributed by atoms with Gasteiger partial charge >= 0.3 is 0 Å². The Kier molecular flexibility index (Phi) is 4.84. The van der Waals surface area contributed by atoms with Crippen molar-refractivity contribution in [3.05, 3.63) is 95.9 Å². The molecule has 0 aliphatic heterocycles. The molecule has 1 N–H and O–H groups in total. The first-order valence-electron chi connectivity index (χ1n) is 8.81. The Bertz CT molecular complexity index is 1150. The predicted molar refractivity (Wildman–Crippen MR) is 108 cm³/mol. The quantitative estimate of drug-likeness (QED) is 0.423. The number of pyridine rings is 1. The number of benzene rings is 2. The normalized spacial score (nSPS) is 11.0. The average molecular weight is 370 g/mol. The second kappa shape index (κ2) is 7.75. The second-order valence-electron chi connectivity index (χ2n) is 6.16. The lowest BCUT2D eigenvalue weighted by Crippen LogP contribution is -2.19. The highest BCUT2D eigenvalue weighted by atomic mass is 16.5. The number of aromatic nitrogens is 2. The van der Waals surface area contributed by atoms with Gasteiger partial charge in [-0.3, -0.25) is 4.79 Å². The van der Waals surface area contributed by atoms with E-state index in [4.69, 9.17) is 4.74 Å². The van der Waals surface area contributed by atoms with Gasteiger partial charge in [-0.2, -0.15) is 5.10 Å². The van der Waals surface area contributed by atoms with Crippen molar-refractivity contribution in [2.24, 2.45) is 5.10 Å². The third kappa shape index (κ3) is 3.76. The molecule has 0 saturated heterocycles. The third-order valence-electron chi connectivity index (χ3n) is 4.20. The number of carbonyl (C=O) groups is 1. The third-order valence-corrected chi connectivity index (χ3v) is 4.20. The lowest BCUT2D eigenvalue weighted by Gasteiger charge is -2.05. The number of hydrogen-bond acceptors (Lipinski definition) is 4. The fourth-order valence-corrected chi connectivity index (χ4v) is 2.83. The summed E-state index contributed by atoms with van der Waals surface area (Å²) < 4.78 is 7.67. The fourth-order valence-electron chi connectivity index (χ4n) is 2.83. The first-order valence-corrected chi connectivity index (χ1v) is 8.81. The highest BCUT2D eigenvalue weighted by Crippen LogP contribution is 2.21. The van der Waals surface area contributed by atoms with Crippen LogP contribution in [-0.2, 0) is 0 Å². The van der Waals surface area contributed by atoms with Crippen LogP contribution in [0.25, 0.3) is 5.65 Å². The number of nitrogens with one attached hydrogen (secondary N) is 1. The summed E-state index contributed by atoms with van der Waals surface area (Å²) in [5.74, 6) is 1.10. The minimum Gasteiger partial charge on any atom is -0.457 e. The first-order chi connectivity index (χ1) is 13.7. The van der Waals surface area contributed by atoms with Gasteiger partial charge in [0.25, 0.3) is 5.91 Å². The molecule has 0 bridgehead atoms. The van der Waals surface area contributed by atoms with E-state index in [1.165, 1.54) is 0 Å². The summed E-state index contributed by atoms with van der Waals surface area (Å²) in [6.07, 6.45) is 3.44. The van der Waals surface area contributed by atoms with Crippen LogP contribution in [-0.4, -0.2) is 21.5 Å². The summed E-state index contributed by atoms with van der Waals surface area (Å²) in [5, 5.41) is 4.05. The number of aryl methyl sites for hydroxylation is 1. The molecule has 0 saturated carbocycles. The van der Waals surface area contributed by atoms with E-state index in [0.29, 0.717) is 11.4 Å². The van der Waals surface area contributed by atoms with E-state index in [1.54, 1.807) is 6.21 Å². The minimum atomic E-state index is -0.353. The Morgan fingerprint density at radius 1 is 1.04 bits per heavy atom. The molecule has 0 radical (unpaired) electrons. The second-order valence-corrected chi connectivity index (χ2v) is 6.16. The molecule has 0 unspecified atom stereocenters. The van der Waals surface area contributed by atoms with Gasteiger partial charge in [-0.15, -0.1) is 0 Å². The molecule has 2 aromatic heterocycles. The van der Waals surface area contributed by atoms with E-state index < -0.39 is 0 Å². The van der Waals surface area contributed by atoms with Crippen molar-refractivity contribution in [3.8, 4) is 11.5 Å². The van der Waals surface area contributed by atoms with E-state index in [2.05, 4.69) is 15.5 Å². The molecule has 6 heteroatoms. The van der Waals surface area contributed by atoms with Crippen LogP contribution < -0.4 is 10.2 Å². The van der Waals surface area contributed by atoms with Gasteiger partial charge in [-0.1, -0.05) is 36.4 Å². The Morgan fingerprint density at radius 2 is 1.82 bits per heavy atom. The number of nitrogens with zero attached hydrogens (tertiary/aromatic N) is 3. The zero-order chi connectivity index (χ0) is 19.3. The molecule has 4 rings (SSSR count). The number of fused-ring (bicyclic) bond motifs is 1. The highest BCUT2D eigenvalue weighted by Gasteiger charge is 2.14. The van der Waals surface area contributed by atoms with Gasteiger partial charge in [0.15, 0.2) is 5.69 Å². The molecular weight excluding hydrogens is 352 g/mol. The maximum atomic E-state index is 12.4. The van der Waals surface area contributed by atoms with Gasteiger partial charge in [0, 0.05) is 6.20 Å². The summed E-state index contributed by atoms with van der Waals surface area (Å²) in [6.45, 7) is 1.85. The number of carbonyl (C=O) groups excluding carboxylic acids is 1. The lowest BCUT2D eigenvalue weighted by molar-refractivity contribution is 0.0950. The van der Waals surface area contributed by atoms with E-state index in [9.17, 15) is 4.79 Å². The number of imidazole rings is 1. The molecule has 138 valence electrons. The topological polar surface area (TPSA) is 68.0 Å². The molecule has 1 amide bonds. The first kappa shape index (κ1) is 17.5. The number of hydrogen-bond donors (Lipinski definition) is 1. The van der Waals surface area contributed by atoms with Crippen molar-refractivity contribution in [1.82, 2.24) is 14.8 Å². The van der Waals surface area contributed by atoms with Gasteiger partial charge in [0.05, 0.1) is 11.9 Å². The number of hydrazone groups is 1. The molecule has 0 atom stereocenters. The summed E-state index contributed by atoms with van der Waals surface area (Å²) >= 11 is 0. The Labute approximate surface area is 162 Å². The number of para-hydroxylation sites is 1. The Balaban J connectivity index is 1.45. The molecule has 6 nitrogen and oxygen atoms in total. The highest BCUT2D eigenvalue weighted by molar-refractivity contribution is 5.95. The summed E-state index contributed by atoms with van der Waals surface area (Å²) in [7, 11) is 0. The van der Waals surface area contributed by atoms with Gasteiger partial charge < -0.3 is 9.14 Å². The summed E-state index contributed by atoms with van der Waals surface area (Å²) in [6, 6.07) is 22.6. The van der Waals surface area contributed by atoms with E-state index in [1.807, 2.05) is 90.3 Å². The molecule has 0 fully saturated rings. The predicted octanol–water partition coefficient (Wildman–Crippen LogP) is 4.20. The van der Waals surface area contributed by atoms with E-state index in [-0.39, 0.29) is 5.91 Å². The molecule has 0 spiro atoms. The van der Waals surface area contributed by atoms with Crippen molar-refractivity contribution in [3.63, 3.8) is 0 Å². The smallest absolute Gasteiger partial charge is 0.291 e. The summed E-state index contributed by atoms with van der Waals surface area (Å²) in [5.41, 5.74) is 5.18. The molecule has 0 aliphatic rings. The molecule has 2 aromatic carbocycles. The maximum absolute atomic E-state index is 12.4. The Hall–Kier alpha value is -3.93. The van der Waals surface area contributed by atoms with Crippen molar-refractivity contribution >= 4 is 17.8 Å². The van der Waals surface area contributed by atoms with Crippen LogP contribution in [0, 0.1) is 6.92 Å². The zero-order valence-electron chi connectivity index (χ0n) is 15.2.